The van der Waals surface area contributed by atoms with Crippen molar-refractivity contribution in [2.24, 2.45) is 0 Å². The third kappa shape index (κ3) is 2.50. The Bertz CT molecular complexity index is 853. The third-order valence-corrected chi connectivity index (χ3v) is 4.33. The number of carbonyl (C=O) groups excluding carboxylic acids is 1. The fourth-order valence-corrected chi connectivity index (χ4v) is 3.19. The zero-order chi connectivity index (χ0) is 16.5. The minimum absolute atomic E-state index is 0.0859. The highest BCUT2D eigenvalue weighted by Gasteiger charge is 2.35. The fourth-order valence-electron chi connectivity index (χ4n) is 3.19. The van der Waals surface area contributed by atoms with Crippen LogP contribution in [0, 0.1) is 6.92 Å². The van der Waals surface area contributed by atoms with Crippen molar-refractivity contribution in [2.75, 3.05) is 6.54 Å². The van der Waals surface area contributed by atoms with E-state index in [0.29, 0.717) is 17.9 Å². The number of amides is 1. The zero-order valence-corrected chi connectivity index (χ0v) is 13.3. The summed E-state index contributed by atoms with van der Waals surface area (Å²) < 4.78 is 10.7. The second-order valence-electron chi connectivity index (χ2n) is 5.96. The van der Waals surface area contributed by atoms with Crippen molar-refractivity contribution in [2.45, 2.75) is 25.8 Å². The number of aryl methyl sites for hydroxylation is 1. The number of hydrogen-bond acceptors (Lipinski definition) is 5. The summed E-state index contributed by atoms with van der Waals surface area (Å²) >= 11 is 0. The number of carbonyl (C=O) groups is 1. The molecule has 1 aromatic carbocycles. The molecule has 1 aliphatic rings. The van der Waals surface area contributed by atoms with Gasteiger partial charge in [-0.3, -0.25) is 4.79 Å². The predicted molar refractivity (Wildman–Crippen MR) is 86.2 cm³/mol. The monoisotopic (exact) mass is 323 g/mol. The van der Waals surface area contributed by atoms with Gasteiger partial charge in [-0.25, -0.2) is 0 Å². The van der Waals surface area contributed by atoms with Crippen molar-refractivity contribution in [3.63, 3.8) is 0 Å². The van der Waals surface area contributed by atoms with Crippen LogP contribution in [0.25, 0.3) is 11.3 Å². The highest BCUT2D eigenvalue weighted by Crippen LogP contribution is 2.35. The van der Waals surface area contributed by atoms with Gasteiger partial charge < -0.3 is 13.9 Å². The summed E-state index contributed by atoms with van der Waals surface area (Å²) in [6.07, 6.45) is 3.29. The molecule has 0 bridgehead atoms. The fraction of sp³-hybridized carbons (Fsp3) is 0.278. The Kier molecular flexibility index (Phi) is 3.65. The van der Waals surface area contributed by atoms with Gasteiger partial charge in [-0.1, -0.05) is 40.6 Å². The van der Waals surface area contributed by atoms with Crippen LogP contribution in [0.5, 0.6) is 0 Å². The SMILES string of the molecule is Cc1cc([C@@H]2CCCN2C(=O)c2cnoc2-c2ccccc2)on1. The van der Waals surface area contributed by atoms with Crippen LogP contribution in [-0.2, 0) is 0 Å². The van der Waals surface area contributed by atoms with Gasteiger partial charge in [-0.15, -0.1) is 0 Å². The molecule has 0 saturated carbocycles. The molecular formula is C18H17N3O3. The molecule has 1 amide bonds. The minimum Gasteiger partial charge on any atom is -0.359 e. The number of hydrogen-bond donors (Lipinski definition) is 0. The van der Waals surface area contributed by atoms with Crippen molar-refractivity contribution in [3.8, 4) is 11.3 Å². The Hall–Kier alpha value is -2.89. The Balaban J connectivity index is 1.66. The molecule has 3 aromatic rings. The highest BCUT2D eigenvalue weighted by atomic mass is 16.5. The van der Waals surface area contributed by atoms with Crippen molar-refractivity contribution in [1.29, 1.82) is 0 Å². The molecule has 6 heteroatoms. The molecule has 122 valence electrons. The van der Waals surface area contributed by atoms with Gasteiger partial charge >= 0.3 is 0 Å². The molecule has 3 heterocycles. The van der Waals surface area contributed by atoms with E-state index in [2.05, 4.69) is 10.3 Å². The molecule has 0 unspecified atom stereocenters. The molecule has 0 spiro atoms. The minimum atomic E-state index is -0.0911. The molecule has 0 aliphatic carbocycles. The summed E-state index contributed by atoms with van der Waals surface area (Å²) in [5.41, 5.74) is 2.13. The molecule has 24 heavy (non-hydrogen) atoms. The van der Waals surface area contributed by atoms with Crippen LogP contribution in [0.1, 0.15) is 40.7 Å². The average Bonchev–Trinajstić information content (AvgIpc) is 3.34. The van der Waals surface area contributed by atoms with Crippen molar-refractivity contribution in [1.82, 2.24) is 15.2 Å². The molecule has 0 radical (unpaired) electrons. The molecule has 6 nitrogen and oxygen atoms in total. The van der Waals surface area contributed by atoms with E-state index >= 15 is 0 Å². The number of rotatable bonds is 3. The first-order chi connectivity index (χ1) is 11.7. The van der Waals surface area contributed by atoms with Gasteiger partial charge in [-0.05, 0) is 19.8 Å². The van der Waals surface area contributed by atoms with Crippen LogP contribution >= 0.6 is 0 Å². The van der Waals surface area contributed by atoms with Crippen molar-refractivity contribution < 1.29 is 13.8 Å². The molecular weight excluding hydrogens is 306 g/mol. The van der Waals surface area contributed by atoms with Crippen LogP contribution < -0.4 is 0 Å². The topological polar surface area (TPSA) is 72.4 Å². The lowest BCUT2D eigenvalue weighted by Crippen LogP contribution is -2.30. The summed E-state index contributed by atoms with van der Waals surface area (Å²) in [4.78, 5) is 14.9. The highest BCUT2D eigenvalue weighted by molar-refractivity contribution is 5.99. The maximum Gasteiger partial charge on any atom is 0.260 e. The predicted octanol–water partition coefficient (Wildman–Crippen LogP) is 3.62. The van der Waals surface area contributed by atoms with Gasteiger partial charge in [0.05, 0.1) is 17.9 Å². The Morgan fingerprint density at radius 2 is 2.08 bits per heavy atom. The van der Waals surface area contributed by atoms with E-state index in [1.54, 1.807) is 0 Å². The Labute approximate surface area is 139 Å². The smallest absolute Gasteiger partial charge is 0.260 e. The van der Waals surface area contributed by atoms with E-state index < -0.39 is 0 Å². The van der Waals surface area contributed by atoms with Crippen LogP contribution in [0.3, 0.4) is 0 Å². The van der Waals surface area contributed by atoms with E-state index in [1.807, 2.05) is 48.2 Å². The zero-order valence-electron chi connectivity index (χ0n) is 13.3. The Morgan fingerprint density at radius 3 is 2.83 bits per heavy atom. The quantitative estimate of drug-likeness (QED) is 0.736. The average molecular weight is 323 g/mol. The van der Waals surface area contributed by atoms with Crippen molar-refractivity contribution >= 4 is 5.91 Å². The van der Waals surface area contributed by atoms with Gasteiger partial charge in [-0.2, -0.15) is 0 Å². The van der Waals surface area contributed by atoms with E-state index in [1.165, 1.54) is 6.20 Å². The first kappa shape index (κ1) is 14.7. The van der Waals surface area contributed by atoms with Gasteiger partial charge in [0.15, 0.2) is 11.5 Å². The third-order valence-electron chi connectivity index (χ3n) is 4.33. The largest absolute Gasteiger partial charge is 0.359 e. The van der Waals surface area contributed by atoms with Gasteiger partial charge in [0, 0.05) is 18.2 Å². The first-order valence-corrected chi connectivity index (χ1v) is 7.98. The lowest BCUT2D eigenvalue weighted by atomic mass is 10.1. The summed E-state index contributed by atoms with van der Waals surface area (Å²) in [7, 11) is 0. The molecule has 1 atom stereocenters. The van der Waals surface area contributed by atoms with Crippen LogP contribution in [0.15, 0.2) is 51.6 Å². The van der Waals surface area contributed by atoms with E-state index in [0.717, 1.165) is 29.9 Å². The van der Waals surface area contributed by atoms with E-state index in [9.17, 15) is 4.79 Å². The molecule has 1 aliphatic heterocycles. The second-order valence-corrected chi connectivity index (χ2v) is 5.96. The summed E-state index contributed by atoms with van der Waals surface area (Å²) in [5.74, 6) is 1.14. The van der Waals surface area contributed by atoms with E-state index in [-0.39, 0.29) is 11.9 Å². The van der Waals surface area contributed by atoms with Gasteiger partial charge in [0.25, 0.3) is 5.91 Å². The van der Waals surface area contributed by atoms with Gasteiger partial charge in [0.2, 0.25) is 0 Å². The molecule has 4 rings (SSSR count). The Morgan fingerprint density at radius 1 is 1.25 bits per heavy atom. The maximum atomic E-state index is 13.1. The second kappa shape index (κ2) is 5.96. The summed E-state index contributed by atoms with van der Waals surface area (Å²) in [5, 5.41) is 7.77. The number of nitrogens with zero attached hydrogens (tertiary/aromatic N) is 3. The number of likely N-dealkylation sites (tertiary alicyclic amines) is 1. The number of benzene rings is 1. The lowest BCUT2D eigenvalue weighted by molar-refractivity contribution is 0.0715. The van der Waals surface area contributed by atoms with Crippen LogP contribution in [0.4, 0.5) is 0 Å². The summed E-state index contributed by atoms with van der Waals surface area (Å²) in [6, 6.07) is 11.3. The van der Waals surface area contributed by atoms with Crippen molar-refractivity contribution in [3.05, 3.63) is 59.6 Å². The van der Waals surface area contributed by atoms with E-state index in [4.69, 9.17) is 9.05 Å². The number of aromatic nitrogens is 2. The molecule has 0 N–H and O–H groups in total. The summed E-state index contributed by atoms with van der Waals surface area (Å²) in [6.45, 7) is 2.56. The standard InChI is InChI=1S/C18H17N3O3/c1-12-10-16(23-20-12)15-8-5-9-21(15)18(22)14-11-19-24-17(14)13-6-3-2-4-7-13/h2-4,6-7,10-11,15H,5,8-9H2,1H3/t15-/m0/s1. The lowest BCUT2D eigenvalue weighted by Gasteiger charge is -2.22. The molecule has 1 saturated heterocycles. The normalized spacial score (nSPS) is 17.4. The van der Waals surface area contributed by atoms with Crippen LogP contribution in [0.2, 0.25) is 0 Å². The first-order valence-electron chi connectivity index (χ1n) is 7.98. The molecule has 1 fully saturated rings. The maximum absolute atomic E-state index is 13.1. The molecule has 2 aromatic heterocycles. The van der Waals surface area contributed by atoms with Crippen LogP contribution in [-0.4, -0.2) is 27.7 Å². The van der Waals surface area contributed by atoms with Gasteiger partial charge in [0.1, 0.15) is 5.56 Å².